The molecule has 0 atom stereocenters. The van der Waals surface area contributed by atoms with Gasteiger partial charge in [-0.1, -0.05) is 162 Å². The number of imidazole rings is 1. The van der Waals surface area contributed by atoms with Crippen LogP contribution in [-0.4, -0.2) is 4.57 Å². The van der Waals surface area contributed by atoms with Crippen LogP contribution in [0.3, 0.4) is 0 Å². The number of aromatic nitrogens is 2. The predicted octanol–water partition coefficient (Wildman–Crippen LogP) is 11.9. The summed E-state index contributed by atoms with van der Waals surface area (Å²) < 4.78 is 5.22. The Labute approximate surface area is 240 Å². The van der Waals surface area contributed by atoms with Gasteiger partial charge >= 0.3 is 0 Å². The van der Waals surface area contributed by atoms with Crippen LogP contribution in [0.25, 0.3) is 0 Å². The van der Waals surface area contributed by atoms with E-state index >= 15 is 0 Å². The minimum atomic E-state index is 1.22. The van der Waals surface area contributed by atoms with Crippen LogP contribution in [0.15, 0.2) is 12.4 Å². The van der Waals surface area contributed by atoms with Crippen molar-refractivity contribution in [3.8, 4) is 0 Å². The molecule has 0 bridgehead atoms. The third kappa shape index (κ3) is 20.2. The summed E-state index contributed by atoms with van der Waals surface area (Å²) in [6.45, 7) is 9.38. The average molecular weight is 532 g/mol. The second-order valence-electron chi connectivity index (χ2n) is 12.3. The van der Waals surface area contributed by atoms with E-state index in [1.165, 1.54) is 193 Å². The molecule has 0 radical (unpaired) electrons. The van der Waals surface area contributed by atoms with Crippen molar-refractivity contribution < 1.29 is 4.57 Å². The SMILES string of the molecule is CCCCCCCCCCCCCCCc1n(CCCCCC)cc[n+]1CCCCCCCCCCCC. The van der Waals surface area contributed by atoms with Crippen LogP contribution in [0.5, 0.6) is 0 Å². The van der Waals surface area contributed by atoms with E-state index in [1.807, 2.05) is 0 Å². The lowest BCUT2D eigenvalue weighted by Crippen LogP contribution is -2.37. The summed E-state index contributed by atoms with van der Waals surface area (Å²) in [4.78, 5) is 0. The minimum Gasteiger partial charge on any atom is -0.234 e. The van der Waals surface area contributed by atoms with Crippen LogP contribution in [0.2, 0.25) is 0 Å². The first-order valence-electron chi connectivity index (χ1n) is 17.9. The van der Waals surface area contributed by atoms with Crippen molar-refractivity contribution in [3.63, 3.8) is 0 Å². The van der Waals surface area contributed by atoms with Gasteiger partial charge in [0, 0.05) is 6.42 Å². The van der Waals surface area contributed by atoms with Crippen LogP contribution in [0.1, 0.15) is 200 Å². The lowest BCUT2D eigenvalue weighted by molar-refractivity contribution is -0.704. The largest absolute Gasteiger partial charge is 0.256 e. The maximum Gasteiger partial charge on any atom is 0.256 e. The lowest BCUT2D eigenvalue weighted by Gasteiger charge is -2.07. The van der Waals surface area contributed by atoms with Crippen LogP contribution < -0.4 is 4.57 Å². The number of rotatable bonds is 30. The molecule has 0 saturated heterocycles. The zero-order valence-electron chi connectivity index (χ0n) is 26.8. The van der Waals surface area contributed by atoms with Crippen molar-refractivity contribution in [2.45, 2.75) is 214 Å². The Morgan fingerprint density at radius 2 is 0.816 bits per heavy atom. The maximum atomic E-state index is 2.62. The first kappa shape index (κ1) is 35.2. The van der Waals surface area contributed by atoms with Crippen molar-refractivity contribution in [2.75, 3.05) is 0 Å². The summed E-state index contributed by atoms with van der Waals surface area (Å²) in [5.41, 5.74) is 0. The van der Waals surface area contributed by atoms with E-state index < -0.39 is 0 Å². The summed E-state index contributed by atoms with van der Waals surface area (Å²) in [6, 6.07) is 0. The zero-order valence-corrected chi connectivity index (χ0v) is 26.8. The molecule has 0 fully saturated rings. The highest BCUT2D eigenvalue weighted by Gasteiger charge is 2.16. The van der Waals surface area contributed by atoms with E-state index in [4.69, 9.17) is 0 Å². The first-order valence-corrected chi connectivity index (χ1v) is 17.9. The predicted molar refractivity (Wildman–Crippen MR) is 170 cm³/mol. The number of nitrogens with zero attached hydrogens (tertiary/aromatic N) is 2. The molecular weight excluding hydrogens is 460 g/mol. The smallest absolute Gasteiger partial charge is 0.234 e. The van der Waals surface area contributed by atoms with Crippen LogP contribution in [0, 0.1) is 0 Å². The van der Waals surface area contributed by atoms with Crippen LogP contribution in [0.4, 0.5) is 0 Å². The molecule has 0 aliphatic rings. The van der Waals surface area contributed by atoms with Gasteiger partial charge in [-0.25, -0.2) is 9.13 Å². The Balaban J connectivity index is 2.23. The Kier molecular flexibility index (Phi) is 25.7. The molecule has 0 amide bonds. The van der Waals surface area contributed by atoms with E-state index in [2.05, 4.69) is 42.3 Å². The lowest BCUT2D eigenvalue weighted by atomic mass is 10.0. The van der Waals surface area contributed by atoms with Gasteiger partial charge in [0.1, 0.15) is 12.4 Å². The number of unbranched alkanes of at least 4 members (excludes halogenated alkanes) is 24. The molecule has 1 aromatic rings. The van der Waals surface area contributed by atoms with Crippen molar-refractivity contribution in [3.05, 3.63) is 18.2 Å². The maximum absolute atomic E-state index is 2.62. The van der Waals surface area contributed by atoms with Gasteiger partial charge in [0.25, 0.3) is 5.82 Å². The van der Waals surface area contributed by atoms with Gasteiger partial charge in [0.2, 0.25) is 0 Å². The van der Waals surface area contributed by atoms with E-state index in [9.17, 15) is 0 Å². The summed E-state index contributed by atoms with van der Waals surface area (Å²) in [5, 5.41) is 0. The highest BCUT2D eigenvalue weighted by Crippen LogP contribution is 2.15. The molecule has 1 heterocycles. The van der Waals surface area contributed by atoms with E-state index in [-0.39, 0.29) is 0 Å². The Morgan fingerprint density at radius 1 is 0.447 bits per heavy atom. The number of aryl methyl sites for hydroxylation is 2. The molecule has 0 aliphatic carbocycles. The number of hydrogen-bond donors (Lipinski definition) is 0. The van der Waals surface area contributed by atoms with Crippen molar-refractivity contribution in [2.24, 2.45) is 0 Å². The molecule has 2 nitrogen and oxygen atoms in total. The molecular formula is C36H71N2+. The van der Waals surface area contributed by atoms with Crippen molar-refractivity contribution in [1.29, 1.82) is 0 Å². The van der Waals surface area contributed by atoms with E-state index in [0.29, 0.717) is 0 Å². The number of hydrogen-bond acceptors (Lipinski definition) is 0. The molecule has 1 aromatic heterocycles. The van der Waals surface area contributed by atoms with Gasteiger partial charge in [0.15, 0.2) is 0 Å². The van der Waals surface area contributed by atoms with Gasteiger partial charge < -0.3 is 0 Å². The Hall–Kier alpha value is -0.790. The standard InChI is InChI=1S/C36H71N2/c1-4-7-10-13-15-17-19-20-21-22-24-26-28-31-36-37(32-29-12-9-6-3)34-35-38(36)33-30-27-25-23-18-16-14-11-8-5-2/h34-35H,4-33H2,1-3H3/q+1. The fourth-order valence-electron chi connectivity index (χ4n) is 5.97. The molecule has 0 spiro atoms. The molecule has 1 rings (SSSR count). The van der Waals surface area contributed by atoms with Crippen LogP contribution >= 0.6 is 0 Å². The zero-order chi connectivity index (χ0) is 27.4. The molecule has 0 aromatic carbocycles. The first-order chi connectivity index (χ1) is 18.8. The normalized spacial score (nSPS) is 11.6. The summed E-state index contributed by atoms with van der Waals surface area (Å²) in [6.07, 6.45) is 44.5. The highest BCUT2D eigenvalue weighted by atomic mass is 15.1. The summed E-state index contributed by atoms with van der Waals surface area (Å²) in [7, 11) is 0. The van der Waals surface area contributed by atoms with Gasteiger partial charge in [0.05, 0.1) is 13.1 Å². The molecule has 0 saturated carbocycles. The highest BCUT2D eigenvalue weighted by molar-refractivity contribution is 4.84. The molecule has 0 unspecified atom stereocenters. The van der Waals surface area contributed by atoms with Gasteiger partial charge in [-0.15, -0.1) is 0 Å². The molecule has 38 heavy (non-hydrogen) atoms. The second-order valence-corrected chi connectivity index (χ2v) is 12.3. The Morgan fingerprint density at radius 3 is 1.26 bits per heavy atom. The molecule has 224 valence electrons. The third-order valence-electron chi connectivity index (χ3n) is 8.60. The van der Waals surface area contributed by atoms with Crippen molar-refractivity contribution >= 4 is 0 Å². The average Bonchev–Trinajstić information content (AvgIpc) is 3.31. The van der Waals surface area contributed by atoms with Gasteiger partial charge in [-0.3, -0.25) is 0 Å². The van der Waals surface area contributed by atoms with Gasteiger partial charge in [-0.2, -0.15) is 0 Å². The van der Waals surface area contributed by atoms with E-state index in [1.54, 1.807) is 5.82 Å². The van der Waals surface area contributed by atoms with Crippen LogP contribution in [-0.2, 0) is 19.5 Å². The topological polar surface area (TPSA) is 8.81 Å². The summed E-state index contributed by atoms with van der Waals surface area (Å²) >= 11 is 0. The molecule has 0 aliphatic heterocycles. The molecule has 0 N–H and O–H groups in total. The monoisotopic (exact) mass is 532 g/mol. The molecule has 2 heteroatoms. The fraction of sp³-hybridized carbons (Fsp3) is 0.917. The van der Waals surface area contributed by atoms with Crippen molar-refractivity contribution in [1.82, 2.24) is 4.57 Å². The quantitative estimate of drug-likeness (QED) is 0.0689. The fourth-order valence-corrected chi connectivity index (χ4v) is 5.97. The summed E-state index contributed by atoms with van der Waals surface area (Å²) in [5.74, 6) is 1.61. The second kappa shape index (κ2) is 27.8. The van der Waals surface area contributed by atoms with E-state index in [0.717, 1.165) is 0 Å². The minimum absolute atomic E-state index is 1.22. The third-order valence-corrected chi connectivity index (χ3v) is 8.60. The Bertz CT molecular complexity index is 590. The van der Waals surface area contributed by atoms with Gasteiger partial charge in [-0.05, 0) is 32.1 Å².